The number of nitrogens with one attached hydrogen (secondary N) is 1. The van der Waals surface area contributed by atoms with E-state index in [1.807, 2.05) is 14.0 Å². The summed E-state index contributed by atoms with van der Waals surface area (Å²) in [5.41, 5.74) is 1.32. The summed E-state index contributed by atoms with van der Waals surface area (Å²) in [5.74, 6) is 0.945. The van der Waals surface area contributed by atoms with Gasteiger partial charge in [0.25, 0.3) is 0 Å². The maximum atomic E-state index is 5.69. The van der Waals surface area contributed by atoms with Crippen LogP contribution >= 0.6 is 0 Å². The van der Waals surface area contributed by atoms with Gasteiger partial charge in [0.1, 0.15) is 5.75 Å². The summed E-state index contributed by atoms with van der Waals surface area (Å²) in [6, 6.07) is 8.81. The van der Waals surface area contributed by atoms with E-state index in [9.17, 15) is 0 Å². The minimum Gasteiger partial charge on any atom is -0.494 e. The predicted octanol–water partition coefficient (Wildman–Crippen LogP) is 3.31. The molecule has 1 heterocycles. The van der Waals surface area contributed by atoms with Crippen LogP contribution in [0.15, 0.2) is 24.3 Å². The Labute approximate surface area is 116 Å². The Morgan fingerprint density at radius 2 is 2.16 bits per heavy atom. The summed E-state index contributed by atoms with van der Waals surface area (Å²) in [5, 5.41) is 3.40. The minimum atomic E-state index is 0.403. The third-order valence-corrected chi connectivity index (χ3v) is 3.74. The Hall–Kier alpha value is -1.06. The second-order valence-corrected chi connectivity index (χ2v) is 5.06. The third kappa shape index (κ3) is 4.22. The van der Waals surface area contributed by atoms with Crippen LogP contribution < -0.4 is 10.1 Å². The SMILES string of the molecule is CCOc1ccc(C(CCC2CCCO2)NC)cc1. The molecular weight excluding hydrogens is 238 g/mol. The summed E-state index contributed by atoms with van der Waals surface area (Å²) < 4.78 is 11.2. The smallest absolute Gasteiger partial charge is 0.119 e. The molecule has 1 aliphatic heterocycles. The van der Waals surface area contributed by atoms with Crippen LogP contribution in [-0.2, 0) is 4.74 Å². The van der Waals surface area contributed by atoms with Crippen LogP contribution in [0.2, 0.25) is 0 Å². The highest BCUT2D eigenvalue weighted by Gasteiger charge is 2.18. The van der Waals surface area contributed by atoms with Gasteiger partial charge >= 0.3 is 0 Å². The fourth-order valence-electron chi connectivity index (χ4n) is 2.67. The lowest BCUT2D eigenvalue weighted by Crippen LogP contribution is -2.18. The van der Waals surface area contributed by atoms with Crippen LogP contribution in [0.3, 0.4) is 0 Å². The van der Waals surface area contributed by atoms with E-state index in [1.54, 1.807) is 0 Å². The van der Waals surface area contributed by atoms with Gasteiger partial charge in [-0.15, -0.1) is 0 Å². The molecule has 1 saturated heterocycles. The number of benzene rings is 1. The van der Waals surface area contributed by atoms with Crippen LogP contribution in [0, 0.1) is 0 Å². The standard InChI is InChI=1S/C16H25NO2/c1-3-18-15-8-6-13(7-9-15)16(17-2)11-10-14-5-4-12-19-14/h6-9,14,16-17H,3-5,10-12H2,1-2H3. The van der Waals surface area contributed by atoms with Gasteiger partial charge in [0.05, 0.1) is 12.7 Å². The monoisotopic (exact) mass is 263 g/mol. The number of hydrogen-bond acceptors (Lipinski definition) is 3. The molecule has 3 nitrogen and oxygen atoms in total. The molecule has 0 aromatic heterocycles. The van der Waals surface area contributed by atoms with E-state index in [0.29, 0.717) is 18.8 Å². The summed E-state index contributed by atoms with van der Waals surface area (Å²) >= 11 is 0. The van der Waals surface area contributed by atoms with Gasteiger partial charge in [0, 0.05) is 12.6 Å². The Morgan fingerprint density at radius 1 is 1.37 bits per heavy atom. The van der Waals surface area contributed by atoms with Gasteiger partial charge in [-0.25, -0.2) is 0 Å². The molecule has 1 aromatic rings. The van der Waals surface area contributed by atoms with E-state index in [0.717, 1.165) is 25.2 Å². The lowest BCUT2D eigenvalue weighted by molar-refractivity contribution is 0.0998. The van der Waals surface area contributed by atoms with Gasteiger partial charge in [0.15, 0.2) is 0 Å². The Bertz CT molecular complexity index is 358. The summed E-state index contributed by atoms with van der Waals surface area (Å²) in [6.07, 6.45) is 5.17. The van der Waals surface area contributed by atoms with E-state index in [1.165, 1.54) is 18.4 Å². The first-order valence-corrected chi connectivity index (χ1v) is 7.35. The average molecular weight is 263 g/mol. The number of ether oxygens (including phenoxy) is 2. The van der Waals surface area contributed by atoms with Gasteiger partial charge in [-0.2, -0.15) is 0 Å². The van der Waals surface area contributed by atoms with Crippen molar-refractivity contribution in [1.82, 2.24) is 5.32 Å². The summed E-state index contributed by atoms with van der Waals surface area (Å²) in [6.45, 7) is 3.66. The maximum absolute atomic E-state index is 5.69. The highest BCUT2D eigenvalue weighted by atomic mass is 16.5. The second-order valence-electron chi connectivity index (χ2n) is 5.06. The van der Waals surface area contributed by atoms with Crippen LogP contribution in [0.4, 0.5) is 0 Å². The first-order valence-electron chi connectivity index (χ1n) is 7.35. The Balaban J connectivity index is 1.88. The lowest BCUT2D eigenvalue weighted by atomic mass is 9.99. The van der Waals surface area contributed by atoms with Crippen molar-refractivity contribution >= 4 is 0 Å². The zero-order valence-electron chi connectivity index (χ0n) is 12.0. The summed E-state index contributed by atoms with van der Waals surface area (Å²) in [7, 11) is 2.02. The van der Waals surface area contributed by atoms with Crippen molar-refractivity contribution in [2.24, 2.45) is 0 Å². The van der Waals surface area contributed by atoms with Crippen LogP contribution in [0.25, 0.3) is 0 Å². The number of rotatable bonds is 7. The molecule has 1 fully saturated rings. The van der Waals surface area contributed by atoms with Crippen molar-refractivity contribution < 1.29 is 9.47 Å². The average Bonchev–Trinajstić information content (AvgIpc) is 2.95. The molecule has 2 atom stereocenters. The highest BCUT2D eigenvalue weighted by molar-refractivity contribution is 5.29. The lowest BCUT2D eigenvalue weighted by Gasteiger charge is -2.19. The quantitative estimate of drug-likeness (QED) is 0.818. The topological polar surface area (TPSA) is 30.5 Å². The van der Waals surface area contributed by atoms with Gasteiger partial charge in [-0.05, 0) is 57.4 Å². The van der Waals surface area contributed by atoms with Crippen molar-refractivity contribution in [3.8, 4) is 5.75 Å². The molecule has 19 heavy (non-hydrogen) atoms. The molecule has 1 N–H and O–H groups in total. The molecule has 3 heteroatoms. The fraction of sp³-hybridized carbons (Fsp3) is 0.625. The highest BCUT2D eigenvalue weighted by Crippen LogP contribution is 2.25. The molecule has 0 spiro atoms. The minimum absolute atomic E-state index is 0.403. The molecule has 0 amide bonds. The van der Waals surface area contributed by atoms with E-state index >= 15 is 0 Å². The third-order valence-electron chi connectivity index (χ3n) is 3.74. The molecule has 0 aliphatic carbocycles. The largest absolute Gasteiger partial charge is 0.494 e. The molecule has 1 aliphatic rings. The predicted molar refractivity (Wildman–Crippen MR) is 77.6 cm³/mol. The van der Waals surface area contributed by atoms with Gasteiger partial charge in [-0.1, -0.05) is 12.1 Å². The first-order chi connectivity index (χ1) is 9.33. The van der Waals surface area contributed by atoms with Crippen molar-refractivity contribution in [1.29, 1.82) is 0 Å². The zero-order valence-corrected chi connectivity index (χ0v) is 12.0. The number of hydrogen-bond donors (Lipinski definition) is 1. The zero-order chi connectivity index (χ0) is 13.5. The van der Waals surface area contributed by atoms with E-state index < -0.39 is 0 Å². The molecule has 2 rings (SSSR count). The van der Waals surface area contributed by atoms with Gasteiger partial charge < -0.3 is 14.8 Å². The maximum Gasteiger partial charge on any atom is 0.119 e. The van der Waals surface area contributed by atoms with E-state index in [4.69, 9.17) is 9.47 Å². The molecule has 0 bridgehead atoms. The van der Waals surface area contributed by atoms with Crippen LogP contribution in [0.1, 0.15) is 44.2 Å². The van der Waals surface area contributed by atoms with Crippen LogP contribution in [0.5, 0.6) is 5.75 Å². The Kier molecular flexibility index (Phi) is 5.67. The van der Waals surface area contributed by atoms with Crippen LogP contribution in [-0.4, -0.2) is 26.4 Å². The van der Waals surface area contributed by atoms with Gasteiger partial charge in [-0.3, -0.25) is 0 Å². The molecule has 0 saturated carbocycles. The molecule has 2 unspecified atom stereocenters. The summed E-state index contributed by atoms with van der Waals surface area (Å²) in [4.78, 5) is 0. The normalized spacial score (nSPS) is 20.4. The Morgan fingerprint density at radius 3 is 2.74 bits per heavy atom. The fourth-order valence-corrected chi connectivity index (χ4v) is 2.67. The van der Waals surface area contributed by atoms with E-state index in [-0.39, 0.29) is 0 Å². The first kappa shape index (κ1) is 14.4. The van der Waals surface area contributed by atoms with E-state index in [2.05, 4.69) is 29.6 Å². The van der Waals surface area contributed by atoms with Crippen molar-refractivity contribution in [3.05, 3.63) is 29.8 Å². The molecule has 0 radical (unpaired) electrons. The van der Waals surface area contributed by atoms with Gasteiger partial charge in [0.2, 0.25) is 0 Å². The molecule has 1 aromatic carbocycles. The van der Waals surface area contributed by atoms with Crippen molar-refractivity contribution in [2.75, 3.05) is 20.3 Å². The molecular formula is C16H25NO2. The molecule has 106 valence electrons. The second kappa shape index (κ2) is 7.51. The van der Waals surface area contributed by atoms with Crippen molar-refractivity contribution in [2.45, 2.75) is 44.8 Å². The van der Waals surface area contributed by atoms with Crippen molar-refractivity contribution in [3.63, 3.8) is 0 Å².